The molecule has 0 unspecified atom stereocenters. The third-order valence-electron chi connectivity index (χ3n) is 3.10. The lowest BCUT2D eigenvalue weighted by Crippen LogP contribution is -2.41. The molecule has 0 aliphatic heterocycles. The fourth-order valence-corrected chi connectivity index (χ4v) is 2.77. The van der Waals surface area contributed by atoms with Gasteiger partial charge in [0.15, 0.2) is 0 Å². The van der Waals surface area contributed by atoms with Crippen molar-refractivity contribution in [1.29, 1.82) is 0 Å². The molecule has 2 aromatic rings. The van der Waals surface area contributed by atoms with Gasteiger partial charge in [-0.15, -0.1) is 11.3 Å². The molecule has 0 fully saturated rings. The van der Waals surface area contributed by atoms with Crippen molar-refractivity contribution in [1.82, 2.24) is 20.1 Å². The van der Waals surface area contributed by atoms with Crippen molar-refractivity contribution in [3.8, 4) is 0 Å². The van der Waals surface area contributed by atoms with E-state index in [0.29, 0.717) is 17.8 Å². The summed E-state index contributed by atoms with van der Waals surface area (Å²) in [7, 11) is 1.72. The highest BCUT2D eigenvalue weighted by atomic mass is 32.1. The first-order valence-corrected chi connectivity index (χ1v) is 7.28. The summed E-state index contributed by atoms with van der Waals surface area (Å²) in [5.74, 6) is -0.239. The van der Waals surface area contributed by atoms with Gasteiger partial charge in [0.1, 0.15) is 10.7 Å². The van der Waals surface area contributed by atoms with Gasteiger partial charge in [-0.2, -0.15) is 5.10 Å². The minimum absolute atomic E-state index is 0.239. The van der Waals surface area contributed by atoms with Crippen molar-refractivity contribution in [3.63, 3.8) is 0 Å². The molecule has 0 saturated heterocycles. The molecule has 108 valence electrons. The van der Waals surface area contributed by atoms with E-state index in [1.807, 2.05) is 26.2 Å². The number of rotatable bonds is 4. The van der Waals surface area contributed by atoms with Crippen LogP contribution in [0, 0.1) is 0 Å². The number of hydrogen-bond acceptors (Lipinski definition) is 5. The van der Waals surface area contributed by atoms with Crippen LogP contribution >= 0.6 is 11.3 Å². The summed E-state index contributed by atoms with van der Waals surface area (Å²) in [6, 6.07) is 0. The number of thiazole rings is 1. The van der Waals surface area contributed by atoms with Gasteiger partial charge in [0.2, 0.25) is 0 Å². The summed E-state index contributed by atoms with van der Waals surface area (Å²) < 4.78 is 1.53. The molecule has 0 atom stereocenters. The van der Waals surface area contributed by atoms with Crippen LogP contribution in [0.2, 0.25) is 0 Å². The Kier molecular flexibility index (Phi) is 3.80. The first-order chi connectivity index (χ1) is 9.36. The van der Waals surface area contributed by atoms with Crippen molar-refractivity contribution in [2.45, 2.75) is 32.7 Å². The molecular weight excluding hydrogens is 274 g/mol. The monoisotopic (exact) mass is 293 g/mol. The Balaban J connectivity index is 2.27. The van der Waals surface area contributed by atoms with Crippen LogP contribution in [-0.2, 0) is 19.0 Å². The molecule has 0 bridgehead atoms. The number of nitrogens with one attached hydrogen (secondary N) is 1. The van der Waals surface area contributed by atoms with Gasteiger partial charge in [-0.25, -0.2) is 4.98 Å². The Morgan fingerprint density at radius 2 is 2.25 bits per heavy atom. The number of aryl methyl sites for hydroxylation is 2. The SMILES string of the molecule is CCc1nn(C)c(C(=O)NC(C)(C)c2nccs2)c1N. The predicted octanol–water partition coefficient (Wildman–Crippen LogP) is 1.69. The van der Waals surface area contributed by atoms with E-state index in [2.05, 4.69) is 15.4 Å². The van der Waals surface area contributed by atoms with Crippen molar-refractivity contribution in [2.24, 2.45) is 7.05 Å². The van der Waals surface area contributed by atoms with Crippen molar-refractivity contribution in [3.05, 3.63) is 28.0 Å². The number of carbonyl (C=O) groups excluding carboxylic acids is 1. The van der Waals surface area contributed by atoms with Crippen LogP contribution in [0.3, 0.4) is 0 Å². The molecule has 0 saturated carbocycles. The molecular formula is C13H19N5OS. The number of carbonyl (C=O) groups is 1. The fourth-order valence-electron chi connectivity index (χ4n) is 2.05. The van der Waals surface area contributed by atoms with E-state index in [9.17, 15) is 4.79 Å². The number of amides is 1. The number of nitrogens with two attached hydrogens (primary N) is 1. The van der Waals surface area contributed by atoms with E-state index in [0.717, 1.165) is 10.7 Å². The average Bonchev–Trinajstić information content (AvgIpc) is 2.97. The fraction of sp³-hybridized carbons (Fsp3) is 0.462. The van der Waals surface area contributed by atoms with Gasteiger partial charge in [-0.05, 0) is 20.3 Å². The van der Waals surface area contributed by atoms with Gasteiger partial charge in [0.05, 0.1) is 16.9 Å². The first kappa shape index (κ1) is 14.5. The molecule has 0 radical (unpaired) electrons. The average molecular weight is 293 g/mol. The van der Waals surface area contributed by atoms with Gasteiger partial charge in [-0.1, -0.05) is 6.92 Å². The standard InChI is InChI=1S/C13H19N5OS/c1-5-8-9(14)10(18(4)17-8)11(19)16-13(2,3)12-15-6-7-20-12/h6-7H,5,14H2,1-4H3,(H,16,19). The summed E-state index contributed by atoms with van der Waals surface area (Å²) in [5.41, 5.74) is 7.03. The van der Waals surface area contributed by atoms with Crippen LogP contribution in [0.1, 0.15) is 42.0 Å². The third-order valence-corrected chi connectivity index (χ3v) is 4.20. The molecule has 20 heavy (non-hydrogen) atoms. The number of nitrogen functional groups attached to an aromatic ring is 1. The second-order valence-electron chi connectivity index (χ2n) is 5.10. The zero-order valence-corrected chi connectivity index (χ0v) is 12.9. The molecule has 1 amide bonds. The van der Waals surface area contributed by atoms with Crippen LogP contribution in [0.25, 0.3) is 0 Å². The number of aromatic nitrogens is 3. The maximum absolute atomic E-state index is 12.5. The highest BCUT2D eigenvalue weighted by Gasteiger charge is 2.29. The van der Waals surface area contributed by atoms with Crippen LogP contribution in [0.15, 0.2) is 11.6 Å². The summed E-state index contributed by atoms with van der Waals surface area (Å²) in [6.07, 6.45) is 2.42. The molecule has 3 N–H and O–H groups in total. The Morgan fingerprint density at radius 1 is 1.55 bits per heavy atom. The summed E-state index contributed by atoms with van der Waals surface area (Å²) in [6.45, 7) is 5.79. The van der Waals surface area contributed by atoms with Crippen molar-refractivity contribution >= 4 is 22.9 Å². The Hall–Kier alpha value is -1.89. The zero-order valence-electron chi connectivity index (χ0n) is 12.1. The molecule has 0 aromatic carbocycles. The molecule has 6 nitrogen and oxygen atoms in total. The topological polar surface area (TPSA) is 85.8 Å². The maximum atomic E-state index is 12.5. The minimum Gasteiger partial charge on any atom is -0.395 e. The number of nitrogens with zero attached hydrogens (tertiary/aromatic N) is 3. The molecule has 0 aliphatic carbocycles. The van der Waals surface area contributed by atoms with E-state index < -0.39 is 5.54 Å². The molecule has 7 heteroatoms. The van der Waals surface area contributed by atoms with Gasteiger partial charge in [0, 0.05) is 18.6 Å². The van der Waals surface area contributed by atoms with E-state index in [1.54, 1.807) is 13.2 Å². The minimum atomic E-state index is -0.547. The summed E-state index contributed by atoms with van der Waals surface area (Å²) in [5, 5.41) is 9.96. The van der Waals surface area contributed by atoms with Gasteiger partial charge >= 0.3 is 0 Å². The lowest BCUT2D eigenvalue weighted by atomic mass is 10.1. The number of anilines is 1. The van der Waals surface area contributed by atoms with Gasteiger partial charge in [-0.3, -0.25) is 9.48 Å². The molecule has 0 spiro atoms. The molecule has 2 aromatic heterocycles. The van der Waals surface area contributed by atoms with Crippen LogP contribution in [0.5, 0.6) is 0 Å². The third kappa shape index (κ3) is 2.53. The lowest BCUT2D eigenvalue weighted by Gasteiger charge is -2.23. The second kappa shape index (κ2) is 5.24. The summed E-state index contributed by atoms with van der Waals surface area (Å²) >= 11 is 1.51. The van der Waals surface area contributed by atoms with E-state index in [1.165, 1.54) is 16.0 Å². The molecule has 2 rings (SSSR count). The number of hydrogen-bond donors (Lipinski definition) is 2. The molecule has 2 heterocycles. The quantitative estimate of drug-likeness (QED) is 0.898. The maximum Gasteiger partial charge on any atom is 0.272 e. The Labute approximate surface area is 122 Å². The Morgan fingerprint density at radius 3 is 2.75 bits per heavy atom. The normalized spacial score (nSPS) is 11.6. The molecule has 0 aliphatic rings. The van der Waals surface area contributed by atoms with Crippen molar-refractivity contribution in [2.75, 3.05) is 5.73 Å². The van der Waals surface area contributed by atoms with E-state index >= 15 is 0 Å². The Bertz CT molecular complexity index is 615. The van der Waals surface area contributed by atoms with Crippen LogP contribution in [-0.4, -0.2) is 20.7 Å². The highest BCUT2D eigenvalue weighted by molar-refractivity contribution is 7.09. The van der Waals surface area contributed by atoms with Crippen LogP contribution in [0.4, 0.5) is 5.69 Å². The smallest absolute Gasteiger partial charge is 0.272 e. The van der Waals surface area contributed by atoms with E-state index in [-0.39, 0.29) is 5.91 Å². The largest absolute Gasteiger partial charge is 0.395 e. The lowest BCUT2D eigenvalue weighted by molar-refractivity contribution is 0.0903. The van der Waals surface area contributed by atoms with Gasteiger partial charge in [0.25, 0.3) is 5.91 Å². The van der Waals surface area contributed by atoms with Crippen molar-refractivity contribution < 1.29 is 4.79 Å². The highest BCUT2D eigenvalue weighted by Crippen LogP contribution is 2.24. The van der Waals surface area contributed by atoms with Gasteiger partial charge < -0.3 is 11.1 Å². The second-order valence-corrected chi connectivity index (χ2v) is 6.00. The summed E-state index contributed by atoms with van der Waals surface area (Å²) in [4.78, 5) is 16.7. The zero-order chi connectivity index (χ0) is 14.9. The predicted molar refractivity (Wildman–Crippen MR) is 79.6 cm³/mol. The van der Waals surface area contributed by atoms with E-state index in [4.69, 9.17) is 5.73 Å². The first-order valence-electron chi connectivity index (χ1n) is 6.40. The van der Waals surface area contributed by atoms with Crippen LogP contribution < -0.4 is 11.1 Å².